The van der Waals surface area contributed by atoms with E-state index in [1.54, 1.807) is 12.5 Å². The van der Waals surface area contributed by atoms with Crippen LogP contribution in [0.4, 0.5) is 0 Å². The molecule has 80 valence electrons. The second-order valence-electron chi connectivity index (χ2n) is 3.18. The fourth-order valence-corrected chi connectivity index (χ4v) is 1.39. The van der Waals surface area contributed by atoms with E-state index in [1.807, 2.05) is 4.57 Å². The van der Waals surface area contributed by atoms with Crippen molar-refractivity contribution in [1.82, 2.24) is 9.55 Å². The predicted octanol–water partition coefficient (Wildman–Crippen LogP) is 2.44. The van der Waals surface area contributed by atoms with Gasteiger partial charge in [-0.15, -0.1) is 11.6 Å². The Labute approximate surface area is 90.0 Å². The normalized spacial score (nSPS) is 10.7. The lowest BCUT2D eigenvalue weighted by atomic mass is 10.4. The van der Waals surface area contributed by atoms with Gasteiger partial charge in [0.1, 0.15) is 0 Å². The number of hydrogen-bond donors (Lipinski definition) is 0. The van der Waals surface area contributed by atoms with Gasteiger partial charge in [-0.1, -0.05) is 13.3 Å². The zero-order chi connectivity index (χ0) is 10.2. The molecule has 0 atom stereocenters. The maximum absolute atomic E-state index is 5.73. The Morgan fingerprint density at radius 1 is 1.50 bits per heavy atom. The molecule has 1 heterocycles. The highest BCUT2D eigenvalue weighted by Gasteiger charge is 1.99. The van der Waals surface area contributed by atoms with Crippen molar-refractivity contribution in [3.8, 4) is 0 Å². The van der Waals surface area contributed by atoms with E-state index in [0.29, 0.717) is 5.88 Å². The monoisotopic (exact) mass is 216 g/mol. The molecule has 0 saturated carbocycles. The van der Waals surface area contributed by atoms with E-state index in [2.05, 4.69) is 11.9 Å². The Morgan fingerprint density at radius 3 is 3.07 bits per heavy atom. The number of alkyl halides is 1. The van der Waals surface area contributed by atoms with E-state index < -0.39 is 0 Å². The standard InChI is InChI=1S/C10H17ClN2O/c1-2-3-5-14-6-4-13-9-12-8-10(13)7-11/h8-9H,2-7H2,1H3. The van der Waals surface area contributed by atoms with Crippen LogP contribution in [-0.4, -0.2) is 22.8 Å². The average molecular weight is 217 g/mol. The molecule has 4 heteroatoms. The van der Waals surface area contributed by atoms with Crippen molar-refractivity contribution in [3.05, 3.63) is 18.2 Å². The quantitative estimate of drug-likeness (QED) is 0.517. The molecule has 0 N–H and O–H groups in total. The highest BCUT2D eigenvalue weighted by Crippen LogP contribution is 2.02. The van der Waals surface area contributed by atoms with Gasteiger partial charge in [0.2, 0.25) is 0 Å². The van der Waals surface area contributed by atoms with E-state index in [0.717, 1.165) is 31.9 Å². The predicted molar refractivity (Wildman–Crippen MR) is 57.5 cm³/mol. The van der Waals surface area contributed by atoms with Crippen LogP contribution >= 0.6 is 11.6 Å². The van der Waals surface area contributed by atoms with Crippen molar-refractivity contribution < 1.29 is 4.74 Å². The molecular weight excluding hydrogens is 200 g/mol. The minimum absolute atomic E-state index is 0.509. The largest absolute Gasteiger partial charge is 0.380 e. The topological polar surface area (TPSA) is 27.1 Å². The van der Waals surface area contributed by atoms with E-state index in [1.165, 1.54) is 6.42 Å². The van der Waals surface area contributed by atoms with Gasteiger partial charge in [0.25, 0.3) is 0 Å². The minimum atomic E-state index is 0.509. The highest BCUT2D eigenvalue weighted by molar-refractivity contribution is 6.16. The Hall–Kier alpha value is -0.540. The molecule has 0 bridgehead atoms. The van der Waals surface area contributed by atoms with Gasteiger partial charge in [0.15, 0.2) is 0 Å². The van der Waals surface area contributed by atoms with Gasteiger partial charge in [-0.2, -0.15) is 0 Å². The first-order chi connectivity index (χ1) is 6.88. The van der Waals surface area contributed by atoms with Crippen LogP contribution in [0, 0.1) is 0 Å². The third-order valence-corrected chi connectivity index (χ3v) is 2.33. The highest BCUT2D eigenvalue weighted by atomic mass is 35.5. The van der Waals surface area contributed by atoms with Crippen molar-refractivity contribution in [2.75, 3.05) is 13.2 Å². The fourth-order valence-electron chi connectivity index (χ4n) is 1.17. The summed E-state index contributed by atoms with van der Waals surface area (Å²) < 4.78 is 7.48. The maximum Gasteiger partial charge on any atom is 0.0949 e. The molecule has 0 aliphatic heterocycles. The van der Waals surface area contributed by atoms with Crippen LogP contribution in [-0.2, 0) is 17.2 Å². The van der Waals surface area contributed by atoms with Crippen molar-refractivity contribution in [2.45, 2.75) is 32.2 Å². The van der Waals surface area contributed by atoms with E-state index in [4.69, 9.17) is 16.3 Å². The third-order valence-electron chi connectivity index (χ3n) is 2.05. The molecule has 0 aliphatic carbocycles. The molecule has 1 rings (SSSR count). The van der Waals surface area contributed by atoms with Crippen LogP contribution in [0.2, 0.25) is 0 Å². The van der Waals surface area contributed by atoms with E-state index in [9.17, 15) is 0 Å². The van der Waals surface area contributed by atoms with Crippen molar-refractivity contribution in [2.24, 2.45) is 0 Å². The summed E-state index contributed by atoms with van der Waals surface area (Å²) in [5, 5.41) is 0. The fraction of sp³-hybridized carbons (Fsp3) is 0.700. The summed E-state index contributed by atoms with van der Waals surface area (Å²) in [4.78, 5) is 4.03. The minimum Gasteiger partial charge on any atom is -0.380 e. The summed E-state index contributed by atoms with van der Waals surface area (Å²) in [5.74, 6) is 0.509. The van der Waals surface area contributed by atoms with Crippen molar-refractivity contribution in [3.63, 3.8) is 0 Å². The SMILES string of the molecule is CCCCOCCn1cncc1CCl. The Morgan fingerprint density at radius 2 is 2.36 bits per heavy atom. The number of halogens is 1. The zero-order valence-corrected chi connectivity index (χ0v) is 9.33. The van der Waals surface area contributed by atoms with Gasteiger partial charge in [0.05, 0.1) is 24.5 Å². The molecule has 0 saturated heterocycles. The van der Waals surface area contributed by atoms with Crippen LogP contribution in [0.25, 0.3) is 0 Å². The van der Waals surface area contributed by atoms with Crippen LogP contribution in [0.1, 0.15) is 25.5 Å². The van der Waals surface area contributed by atoms with Gasteiger partial charge in [-0.3, -0.25) is 0 Å². The molecule has 0 aromatic carbocycles. The average Bonchev–Trinajstić information content (AvgIpc) is 2.65. The molecule has 1 aromatic rings. The van der Waals surface area contributed by atoms with Crippen LogP contribution in [0.5, 0.6) is 0 Å². The van der Waals surface area contributed by atoms with Gasteiger partial charge in [0, 0.05) is 19.3 Å². The first-order valence-corrected chi connectivity index (χ1v) is 5.54. The van der Waals surface area contributed by atoms with Crippen molar-refractivity contribution >= 4 is 11.6 Å². The molecule has 0 spiro atoms. The van der Waals surface area contributed by atoms with Crippen molar-refractivity contribution in [1.29, 1.82) is 0 Å². The van der Waals surface area contributed by atoms with Gasteiger partial charge in [-0.05, 0) is 6.42 Å². The van der Waals surface area contributed by atoms with Crippen LogP contribution in [0.3, 0.4) is 0 Å². The number of unbranched alkanes of at least 4 members (excludes halogenated alkanes) is 1. The van der Waals surface area contributed by atoms with Crippen LogP contribution in [0.15, 0.2) is 12.5 Å². The Kier molecular flexibility index (Phi) is 5.64. The zero-order valence-electron chi connectivity index (χ0n) is 8.58. The molecular formula is C10H17ClN2O. The van der Waals surface area contributed by atoms with E-state index >= 15 is 0 Å². The number of rotatable bonds is 7. The second-order valence-corrected chi connectivity index (χ2v) is 3.45. The molecule has 0 amide bonds. The Bertz CT molecular complexity index is 250. The smallest absolute Gasteiger partial charge is 0.0949 e. The maximum atomic E-state index is 5.73. The summed E-state index contributed by atoms with van der Waals surface area (Å²) in [5.41, 5.74) is 1.05. The second kappa shape index (κ2) is 6.85. The van der Waals surface area contributed by atoms with Gasteiger partial charge < -0.3 is 9.30 Å². The Balaban J connectivity index is 2.17. The number of aromatic nitrogens is 2. The molecule has 14 heavy (non-hydrogen) atoms. The lowest BCUT2D eigenvalue weighted by Crippen LogP contribution is -2.07. The molecule has 1 aromatic heterocycles. The first-order valence-electron chi connectivity index (χ1n) is 5.01. The summed E-state index contributed by atoms with van der Waals surface area (Å²) in [7, 11) is 0. The molecule has 0 aliphatic rings. The lowest BCUT2D eigenvalue weighted by Gasteiger charge is -2.06. The number of nitrogens with zero attached hydrogens (tertiary/aromatic N) is 2. The third kappa shape index (κ3) is 3.68. The summed E-state index contributed by atoms with van der Waals surface area (Å²) in [6.07, 6.45) is 5.89. The first kappa shape index (κ1) is 11.5. The number of hydrogen-bond acceptors (Lipinski definition) is 2. The molecule has 3 nitrogen and oxygen atoms in total. The molecule has 0 radical (unpaired) electrons. The summed E-state index contributed by atoms with van der Waals surface area (Å²) >= 11 is 5.73. The summed E-state index contributed by atoms with van der Waals surface area (Å²) in [6, 6.07) is 0. The van der Waals surface area contributed by atoms with E-state index in [-0.39, 0.29) is 0 Å². The number of ether oxygens (including phenoxy) is 1. The summed E-state index contributed by atoms with van der Waals surface area (Å²) in [6.45, 7) is 4.58. The van der Waals surface area contributed by atoms with Crippen LogP contribution < -0.4 is 0 Å². The number of imidazole rings is 1. The van der Waals surface area contributed by atoms with Gasteiger partial charge in [-0.25, -0.2) is 4.98 Å². The molecule has 0 fully saturated rings. The lowest BCUT2D eigenvalue weighted by molar-refractivity contribution is 0.123. The van der Waals surface area contributed by atoms with Gasteiger partial charge >= 0.3 is 0 Å². The molecule has 0 unspecified atom stereocenters.